The van der Waals surface area contributed by atoms with Gasteiger partial charge in [-0.25, -0.2) is 0 Å². The minimum atomic E-state index is -1.75. The van der Waals surface area contributed by atoms with E-state index in [1.165, 1.54) is 29.2 Å². The molecule has 29 heteroatoms. The lowest BCUT2D eigenvalue weighted by Crippen LogP contribution is -2.61. The summed E-state index contributed by atoms with van der Waals surface area (Å²) in [6.07, 6.45) is -0.694. The van der Waals surface area contributed by atoms with Crippen LogP contribution in [0.5, 0.6) is 5.75 Å². The van der Waals surface area contributed by atoms with Crippen LogP contribution in [-0.2, 0) is 64.0 Å². The number of phenolic OH excluding ortho intramolecular Hbond substituents is 1. The van der Waals surface area contributed by atoms with Crippen molar-refractivity contribution < 1.29 is 67.7 Å². The fraction of sp³-hybridized carbons (Fsp3) is 0.625. The Morgan fingerprint density at radius 1 is 0.766 bits per heavy atom. The van der Waals surface area contributed by atoms with Crippen LogP contribution in [0.3, 0.4) is 0 Å². The lowest BCUT2D eigenvalue weighted by atomic mass is 9.96. The normalized spacial score (nSPS) is 23.2. The fourth-order valence-electron chi connectivity index (χ4n) is 7.63. The van der Waals surface area contributed by atoms with E-state index in [9.17, 15) is 62.6 Å². The monoisotopic (exact) mass is 1120 g/mol. The van der Waals surface area contributed by atoms with Crippen LogP contribution in [0.15, 0.2) is 24.3 Å². The Bertz CT molecular complexity index is 2260. The summed E-state index contributed by atoms with van der Waals surface area (Å²) in [5.74, 6) is -11.3. The molecule has 2 aliphatic heterocycles. The number of hydrogen-bond acceptors (Lipinski definition) is 17. The van der Waals surface area contributed by atoms with E-state index in [4.69, 9.17) is 33.8 Å². The standard InChI is InChI=1S/C43H66N12O12S2.C5H11NO2/c1-5-22(4)35-42(66)49-26(12-13-32(45)57)38(62)51-29(17-33(46)58)39(63)53-30(20-69-68-19-25(44)36(60)50-28(40(64)54-35)16-23-8-10-24(56)11-9-23)43(67)55-14-6-7-31(55)41(65)52-27(15-21(2)3)37(61)48-18-34(47)59;1-3(2)4(6)5(7)8/h8-11,21-22,25-31,35,56H,5-7,12-20,44H2,1-4H3,(H2,45,57)(H2,46,58)(H2,47,59)(H,48,61)(H,49,66)(H,50,60)(H,51,62)(H,52,65)(H,53,63)(H,54,64);3-4H,6H2,1-2H3,(H,7,8)/t22-,25-,26-,27-,28-,29-,30-,31-,35-;4-/m00/s1. The fourth-order valence-corrected chi connectivity index (χ4v) is 9.91. The second-order valence-electron chi connectivity index (χ2n) is 19.5. The highest BCUT2D eigenvalue weighted by Crippen LogP contribution is 2.26. The number of benzene rings is 1. The summed E-state index contributed by atoms with van der Waals surface area (Å²) >= 11 is 0. The van der Waals surface area contributed by atoms with Crippen LogP contribution in [0, 0.1) is 17.8 Å². The Kier molecular flexibility index (Phi) is 28.3. The number of aliphatic carboxylic acids is 1. The lowest BCUT2D eigenvalue weighted by molar-refractivity contribution is -0.142. The molecule has 27 nitrogen and oxygen atoms in total. The van der Waals surface area contributed by atoms with Crippen molar-refractivity contribution in [3.05, 3.63) is 29.8 Å². The number of carboxylic acids is 1. The molecule has 0 aliphatic carbocycles. The first kappa shape index (κ1) is 66.4. The van der Waals surface area contributed by atoms with E-state index < -0.39 is 157 Å². The van der Waals surface area contributed by atoms with Gasteiger partial charge in [0, 0.05) is 30.9 Å². The van der Waals surface area contributed by atoms with Gasteiger partial charge in [0.25, 0.3) is 0 Å². The molecule has 2 fully saturated rings. The molecule has 1 aromatic rings. The molecule has 0 unspecified atom stereocenters. The molecule has 0 radical (unpaired) electrons. The Labute approximate surface area is 454 Å². The van der Waals surface area contributed by atoms with Gasteiger partial charge in [-0.15, -0.1) is 0 Å². The molecule has 77 heavy (non-hydrogen) atoms. The van der Waals surface area contributed by atoms with E-state index in [-0.39, 0.29) is 54.9 Å². The Morgan fingerprint density at radius 3 is 1.90 bits per heavy atom. The SMILES string of the molecule is CC(C)[C@H](N)C(=O)O.CC[C@H](C)[C@@H]1NC(=O)[C@H](Cc2ccc(O)cc2)NC(=O)[C@@H](N)CSSC[C@@H](C(=O)N2CCC[C@H]2C(=O)N[C@@H](CC(C)C)C(=O)NCC(N)=O)NC(=O)[C@H](CC(N)=O)NC(=O)[C@H](CCC(N)=O)NC1=O. The quantitative estimate of drug-likeness (QED) is 0.0596. The maximum absolute atomic E-state index is 14.5. The zero-order valence-corrected chi connectivity index (χ0v) is 45.8. The van der Waals surface area contributed by atoms with Crippen molar-refractivity contribution in [2.45, 2.75) is 147 Å². The number of aromatic hydroxyl groups is 1. The summed E-state index contributed by atoms with van der Waals surface area (Å²) in [4.78, 5) is 158. The van der Waals surface area contributed by atoms with Crippen molar-refractivity contribution in [2.75, 3.05) is 24.6 Å². The Hall–Kier alpha value is -6.72. The first-order valence-corrected chi connectivity index (χ1v) is 27.6. The molecule has 2 heterocycles. The highest BCUT2D eigenvalue weighted by Gasteiger charge is 2.41. The molecule has 0 saturated carbocycles. The average molecular weight is 1120 g/mol. The summed E-state index contributed by atoms with van der Waals surface area (Å²) in [5, 5.41) is 35.9. The maximum Gasteiger partial charge on any atom is 0.320 e. The predicted octanol–water partition coefficient (Wildman–Crippen LogP) is -3.55. The minimum absolute atomic E-state index is 0.0208. The maximum atomic E-state index is 14.5. The van der Waals surface area contributed by atoms with Gasteiger partial charge in [0.2, 0.25) is 65.0 Å². The van der Waals surface area contributed by atoms with E-state index in [1.807, 2.05) is 13.8 Å². The number of amides is 11. The summed E-state index contributed by atoms with van der Waals surface area (Å²) in [6, 6.07) is -5.76. The third-order valence-corrected chi connectivity index (χ3v) is 14.7. The molecule has 11 amide bonds. The van der Waals surface area contributed by atoms with E-state index in [1.54, 1.807) is 27.7 Å². The predicted molar refractivity (Wildman–Crippen MR) is 285 cm³/mol. The molecule has 19 N–H and O–H groups in total. The van der Waals surface area contributed by atoms with Crippen molar-refractivity contribution in [3.8, 4) is 5.75 Å². The number of carbonyl (C=O) groups excluding carboxylic acids is 11. The molecule has 0 spiro atoms. The van der Waals surface area contributed by atoms with Gasteiger partial charge in [0.05, 0.1) is 19.0 Å². The number of carbonyl (C=O) groups is 12. The molecule has 2 aliphatic rings. The molecule has 0 aromatic heterocycles. The van der Waals surface area contributed by atoms with Crippen LogP contribution < -0.4 is 65.9 Å². The molecular formula is C48H77N13O14S2. The third kappa shape index (κ3) is 23.2. The van der Waals surface area contributed by atoms with Gasteiger partial charge in [0.15, 0.2) is 0 Å². The van der Waals surface area contributed by atoms with E-state index in [2.05, 4.69) is 37.2 Å². The zero-order chi connectivity index (χ0) is 58.3. The number of phenols is 1. The van der Waals surface area contributed by atoms with E-state index in [0.717, 1.165) is 21.6 Å². The average Bonchev–Trinajstić information content (AvgIpc) is 3.86. The van der Waals surface area contributed by atoms with Crippen LogP contribution in [0.25, 0.3) is 0 Å². The molecule has 3 rings (SSSR count). The second kappa shape index (κ2) is 32.8. The number of nitrogens with zero attached hydrogens (tertiary/aromatic N) is 1. The van der Waals surface area contributed by atoms with Gasteiger partial charge in [0.1, 0.15) is 54.1 Å². The Balaban J connectivity index is 0.00000233. The summed E-state index contributed by atoms with van der Waals surface area (Å²) in [5.41, 5.74) is 28.1. The zero-order valence-electron chi connectivity index (χ0n) is 44.2. The van der Waals surface area contributed by atoms with Gasteiger partial charge in [-0.2, -0.15) is 0 Å². The van der Waals surface area contributed by atoms with Crippen LogP contribution in [0.1, 0.15) is 92.1 Å². The van der Waals surface area contributed by atoms with Gasteiger partial charge in [-0.05, 0) is 61.1 Å². The summed E-state index contributed by atoms with van der Waals surface area (Å²) in [6.45, 7) is 10.2. The highest BCUT2D eigenvalue weighted by molar-refractivity contribution is 8.76. The van der Waals surface area contributed by atoms with E-state index in [0.29, 0.717) is 18.4 Å². The molecule has 1 aromatic carbocycles. The molecular weight excluding hydrogens is 1050 g/mol. The van der Waals surface area contributed by atoms with Crippen molar-refractivity contribution in [2.24, 2.45) is 46.4 Å². The summed E-state index contributed by atoms with van der Waals surface area (Å²) in [7, 11) is 2.05. The number of likely N-dealkylation sites (tertiary alicyclic amines) is 1. The van der Waals surface area contributed by atoms with Gasteiger partial charge >= 0.3 is 5.97 Å². The van der Waals surface area contributed by atoms with E-state index >= 15 is 0 Å². The molecule has 0 bridgehead atoms. The van der Waals surface area contributed by atoms with Crippen molar-refractivity contribution in [3.63, 3.8) is 0 Å². The van der Waals surface area contributed by atoms with Gasteiger partial charge < -0.3 is 81.0 Å². The van der Waals surface area contributed by atoms with Crippen LogP contribution in [0.4, 0.5) is 0 Å². The molecule has 10 atom stereocenters. The Morgan fingerprint density at radius 2 is 1.35 bits per heavy atom. The molecule has 430 valence electrons. The first-order valence-electron chi connectivity index (χ1n) is 25.1. The largest absolute Gasteiger partial charge is 0.508 e. The third-order valence-electron chi connectivity index (χ3n) is 12.3. The second-order valence-corrected chi connectivity index (χ2v) is 22.1. The van der Waals surface area contributed by atoms with Crippen LogP contribution in [0.2, 0.25) is 0 Å². The first-order chi connectivity index (χ1) is 36.1. The number of nitrogens with one attached hydrogen (secondary N) is 7. The number of primary amides is 3. The van der Waals surface area contributed by atoms with Crippen LogP contribution >= 0.6 is 21.6 Å². The smallest absolute Gasteiger partial charge is 0.320 e. The summed E-state index contributed by atoms with van der Waals surface area (Å²) < 4.78 is 0. The van der Waals surface area contributed by atoms with Crippen molar-refractivity contribution in [1.82, 2.24) is 42.1 Å². The van der Waals surface area contributed by atoms with Gasteiger partial charge in [-0.1, -0.05) is 81.7 Å². The molecule has 2 saturated heterocycles. The lowest BCUT2D eigenvalue weighted by Gasteiger charge is -2.31. The highest BCUT2D eigenvalue weighted by atomic mass is 33.1. The number of hydrogen-bond donors (Lipinski definition) is 14. The van der Waals surface area contributed by atoms with Crippen molar-refractivity contribution in [1.29, 1.82) is 0 Å². The minimum Gasteiger partial charge on any atom is -0.508 e. The van der Waals surface area contributed by atoms with Crippen molar-refractivity contribution >= 4 is 92.5 Å². The number of carboxylic acid groups (broad SMARTS) is 1. The number of rotatable bonds is 19. The van der Waals surface area contributed by atoms with Gasteiger partial charge in [-0.3, -0.25) is 57.5 Å². The topological polar surface area (TPSA) is 463 Å². The van der Waals surface area contributed by atoms with Crippen LogP contribution in [-0.4, -0.2) is 165 Å². The number of nitrogens with two attached hydrogens (primary N) is 5.